The maximum Gasteiger partial charge on any atom is 0.325 e. The summed E-state index contributed by atoms with van der Waals surface area (Å²) in [5.74, 6) is 0. The van der Waals surface area contributed by atoms with E-state index in [1.54, 1.807) is 0 Å². The number of aromatic nitrogens is 1. The summed E-state index contributed by atoms with van der Waals surface area (Å²) >= 11 is 0. The molecule has 5 aromatic rings. The lowest BCUT2D eigenvalue weighted by Gasteiger charge is -2.02. The summed E-state index contributed by atoms with van der Waals surface area (Å²) < 4.78 is 4.52. The van der Waals surface area contributed by atoms with E-state index < -0.39 is 0 Å². The highest BCUT2D eigenvalue weighted by atomic mass is 16.8. The first-order valence-electron chi connectivity index (χ1n) is 14.7. The molecule has 0 fully saturated rings. The average molecular weight is 578 g/mol. The lowest BCUT2D eigenvalue weighted by molar-refractivity contribution is -0.735. The molecule has 0 spiro atoms. The summed E-state index contributed by atoms with van der Waals surface area (Å²) in [6, 6.07) is 19.6. The van der Waals surface area contributed by atoms with Crippen LogP contribution in [0.1, 0.15) is 33.3 Å². The van der Waals surface area contributed by atoms with Gasteiger partial charge in [0.2, 0.25) is 11.4 Å². The van der Waals surface area contributed by atoms with Crippen LogP contribution in [-0.4, -0.2) is 45.5 Å². The van der Waals surface area contributed by atoms with Crippen LogP contribution in [0.25, 0.3) is 38.5 Å². The van der Waals surface area contributed by atoms with Gasteiger partial charge < -0.3 is 4.57 Å². The van der Waals surface area contributed by atoms with Gasteiger partial charge in [-0.1, -0.05) is 50.3 Å². The number of benzene rings is 4. The van der Waals surface area contributed by atoms with E-state index in [1.807, 2.05) is 80.6 Å². The molecule has 0 N–H and O–H groups in total. The number of rotatable bonds is 9. The van der Waals surface area contributed by atoms with Gasteiger partial charge in [0.15, 0.2) is 14.2 Å². The highest BCUT2D eigenvalue weighted by Crippen LogP contribution is 2.40. The van der Waals surface area contributed by atoms with Crippen LogP contribution in [0.3, 0.4) is 0 Å². The lowest BCUT2D eigenvalue weighted by Crippen LogP contribution is -2.14. The van der Waals surface area contributed by atoms with Gasteiger partial charge >= 0.3 is 11.4 Å². The Bertz CT molecular complexity index is 2030. The number of allylic oxidation sites excluding steroid dienone is 4. The number of hydrogen-bond donors (Lipinski definition) is 0. The Morgan fingerprint density at radius 1 is 0.767 bits per heavy atom. The summed E-state index contributed by atoms with van der Waals surface area (Å²) in [6.45, 7) is 9.83. The Balaban J connectivity index is 0.00000180. The van der Waals surface area contributed by atoms with E-state index in [1.165, 1.54) is 14.2 Å². The van der Waals surface area contributed by atoms with E-state index in [0.29, 0.717) is 21.2 Å². The van der Waals surface area contributed by atoms with Crippen molar-refractivity contribution in [1.29, 1.82) is 0 Å². The van der Waals surface area contributed by atoms with Crippen molar-refractivity contribution < 1.29 is 24.1 Å². The molecule has 0 amide bonds. The van der Waals surface area contributed by atoms with Gasteiger partial charge in [-0.3, -0.25) is 0 Å². The van der Waals surface area contributed by atoms with Gasteiger partial charge in [-0.05, 0) is 44.2 Å². The molecular formula is C35H37N4O4+3. The van der Waals surface area contributed by atoms with Crippen LogP contribution in [0, 0.1) is 9.81 Å². The molecule has 0 aliphatic carbocycles. The second kappa shape index (κ2) is 12.4. The molecule has 2 heterocycles. The smallest absolute Gasteiger partial charge is 0.325 e. The van der Waals surface area contributed by atoms with E-state index in [4.69, 9.17) is 9.68 Å². The summed E-state index contributed by atoms with van der Waals surface area (Å²) in [5, 5.41) is 6.00. The number of hydrogen-bond acceptors (Lipinski definition) is 4. The third-order valence-electron chi connectivity index (χ3n) is 7.79. The number of aryl methyl sites for hydroxylation is 1. The molecule has 0 radical (unpaired) electrons. The van der Waals surface area contributed by atoms with E-state index in [2.05, 4.69) is 47.3 Å². The Hall–Kier alpha value is -5.11. The molecular weight excluding hydrogens is 540 g/mol. The minimum atomic E-state index is 0.492. The zero-order valence-corrected chi connectivity index (χ0v) is 25.5. The Kier molecular flexibility index (Phi) is 8.48. The maximum atomic E-state index is 12.3. The molecule has 0 unspecified atom stereocenters. The van der Waals surface area contributed by atoms with Crippen LogP contribution in [0.2, 0.25) is 0 Å². The fraction of sp³-hybridized carbons (Fsp3) is 0.229. The van der Waals surface area contributed by atoms with Gasteiger partial charge in [-0.15, -0.1) is 0 Å². The van der Waals surface area contributed by atoms with Gasteiger partial charge in [0.1, 0.15) is 6.54 Å². The van der Waals surface area contributed by atoms with Crippen molar-refractivity contribution in [2.75, 3.05) is 20.8 Å². The molecule has 0 atom stereocenters. The van der Waals surface area contributed by atoms with Crippen molar-refractivity contribution >= 4 is 61.3 Å². The van der Waals surface area contributed by atoms with Crippen LogP contribution < -0.4 is 5.35 Å². The van der Waals surface area contributed by atoms with Crippen molar-refractivity contribution in [2.24, 2.45) is 0 Å². The van der Waals surface area contributed by atoms with E-state index >= 15 is 0 Å². The quantitative estimate of drug-likeness (QED) is 0.102. The molecule has 0 saturated carbocycles. The zero-order valence-electron chi connectivity index (χ0n) is 25.5. The van der Waals surface area contributed by atoms with E-state index in [0.717, 1.165) is 67.8 Å². The van der Waals surface area contributed by atoms with Gasteiger partial charge in [-0.2, -0.15) is 4.58 Å². The second-order valence-corrected chi connectivity index (χ2v) is 9.71. The lowest BCUT2D eigenvalue weighted by atomic mass is 10.0. The second-order valence-electron chi connectivity index (χ2n) is 9.71. The molecule has 0 bridgehead atoms. The topological polar surface area (TPSA) is 66.6 Å². The summed E-state index contributed by atoms with van der Waals surface area (Å²) in [4.78, 5) is 35.6. The fourth-order valence-corrected chi connectivity index (χ4v) is 6.09. The van der Waals surface area contributed by atoms with Crippen molar-refractivity contribution in [3.8, 4) is 0 Å². The molecule has 8 nitrogen and oxygen atoms in total. The predicted octanol–water partition coefficient (Wildman–Crippen LogP) is 7.72. The summed E-state index contributed by atoms with van der Waals surface area (Å²) in [6.07, 6.45) is 10.3. The molecule has 43 heavy (non-hydrogen) atoms. The minimum absolute atomic E-state index is 0.492. The van der Waals surface area contributed by atoms with Gasteiger partial charge in [0.25, 0.3) is 9.85 Å². The molecule has 1 aliphatic rings. The number of nitrogens with zero attached hydrogens (tertiary/aromatic N) is 4. The van der Waals surface area contributed by atoms with Gasteiger partial charge in [0.05, 0.1) is 37.1 Å². The first-order valence-corrected chi connectivity index (χ1v) is 14.7. The maximum absolute atomic E-state index is 12.3. The van der Waals surface area contributed by atoms with Crippen molar-refractivity contribution in [3.05, 3.63) is 106 Å². The fourth-order valence-electron chi connectivity index (χ4n) is 6.09. The van der Waals surface area contributed by atoms with Crippen LogP contribution >= 0.6 is 0 Å². The Labute approximate surface area is 250 Å². The van der Waals surface area contributed by atoms with Crippen LogP contribution in [0.15, 0.2) is 85.0 Å². The Morgan fingerprint density at radius 2 is 1.40 bits per heavy atom. The van der Waals surface area contributed by atoms with E-state index in [-0.39, 0.29) is 0 Å². The largest absolute Gasteiger partial charge is 0.341 e. The highest BCUT2D eigenvalue weighted by molar-refractivity contribution is 6.21. The average Bonchev–Trinajstić information content (AvgIpc) is 3.54. The van der Waals surface area contributed by atoms with E-state index in [9.17, 15) is 9.81 Å². The molecule has 0 saturated heterocycles. The van der Waals surface area contributed by atoms with Gasteiger partial charge in [-0.25, -0.2) is 9.68 Å². The normalized spacial score (nSPS) is 13.1. The zero-order chi connectivity index (χ0) is 30.7. The first-order chi connectivity index (χ1) is 21.0. The first kappa shape index (κ1) is 29.4. The predicted molar refractivity (Wildman–Crippen MR) is 174 cm³/mol. The molecule has 1 aliphatic heterocycles. The monoisotopic (exact) mass is 577 g/mol. The third-order valence-corrected chi connectivity index (χ3v) is 7.79. The Morgan fingerprint density at radius 3 is 2.05 bits per heavy atom. The SMILES string of the molecule is CC.CCn1\c(=C/C=C/C=C/C2=[N+](CC)c3ccc([N+](=O)OC)c4cccc2c34)c2cccc3c([N+](=O)OC)ccc1c32. The molecule has 6 rings (SSSR count). The highest BCUT2D eigenvalue weighted by Gasteiger charge is 2.33. The van der Waals surface area contributed by atoms with Crippen molar-refractivity contribution in [1.82, 2.24) is 4.57 Å². The molecule has 1 aromatic heterocycles. The molecule has 4 aromatic carbocycles. The molecule has 8 heteroatoms. The standard InChI is InChI=1S/C33H31N4O4.C2H6/c1-5-34-26(22-12-10-14-24-28(36(38)40-3)18-20-30(34)32(22)24)16-8-7-9-17-27-23-13-11-15-25-29(37(39)41-4)19-21-31(33(23)25)35(27)6-2;1-2/h7-21H,5-6H2,1-4H3;1-2H3/q+3;. The third kappa shape index (κ3) is 4.78. The van der Waals surface area contributed by atoms with Gasteiger partial charge in [0, 0.05) is 46.9 Å². The molecule has 218 valence electrons. The summed E-state index contributed by atoms with van der Waals surface area (Å²) in [7, 11) is 2.75. The van der Waals surface area contributed by atoms with Crippen LogP contribution in [-0.2, 0) is 16.2 Å². The summed E-state index contributed by atoms with van der Waals surface area (Å²) in [5.41, 5.74) is 5.31. The van der Waals surface area contributed by atoms with Crippen LogP contribution in [0.4, 0.5) is 17.1 Å². The minimum Gasteiger partial charge on any atom is -0.341 e. The van der Waals surface area contributed by atoms with Crippen molar-refractivity contribution in [3.63, 3.8) is 0 Å². The van der Waals surface area contributed by atoms with Crippen molar-refractivity contribution in [2.45, 2.75) is 34.2 Å². The van der Waals surface area contributed by atoms with Crippen LogP contribution in [0.5, 0.6) is 0 Å².